The number of hydrogen-bond acceptors (Lipinski definition) is 5. The summed E-state index contributed by atoms with van der Waals surface area (Å²) in [7, 11) is 0. The van der Waals surface area contributed by atoms with E-state index >= 15 is 0 Å². The van der Waals surface area contributed by atoms with Gasteiger partial charge in [-0.2, -0.15) is 0 Å². The maximum atomic E-state index is 5.42. The van der Waals surface area contributed by atoms with Crippen LogP contribution in [0.3, 0.4) is 0 Å². The lowest BCUT2D eigenvalue weighted by molar-refractivity contribution is 0.174. The number of rotatable bonds is 5. The summed E-state index contributed by atoms with van der Waals surface area (Å²) in [5.74, 6) is 4.40. The monoisotopic (exact) mass is 484 g/mol. The molecule has 3 heterocycles. The summed E-state index contributed by atoms with van der Waals surface area (Å²) in [5.41, 5.74) is 1.08. The summed E-state index contributed by atoms with van der Waals surface area (Å²) < 4.78 is 13.0. The van der Waals surface area contributed by atoms with Crippen LogP contribution in [0.1, 0.15) is 37.0 Å². The number of aromatic nitrogens is 3. The van der Waals surface area contributed by atoms with E-state index in [0.29, 0.717) is 13.1 Å². The van der Waals surface area contributed by atoms with E-state index in [1.54, 1.807) is 0 Å². The van der Waals surface area contributed by atoms with Gasteiger partial charge in [0.1, 0.15) is 5.82 Å². The average molecular weight is 484 g/mol. The Morgan fingerprint density at radius 1 is 1.19 bits per heavy atom. The van der Waals surface area contributed by atoms with Crippen LogP contribution >= 0.6 is 24.0 Å². The van der Waals surface area contributed by atoms with Crippen LogP contribution in [0.15, 0.2) is 23.2 Å². The smallest absolute Gasteiger partial charge is 0.231 e. The largest absolute Gasteiger partial charge is 0.454 e. The maximum absolute atomic E-state index is 5.42. The fourth-order valence-electron chi connectivity index (χ4n) is 3.21. The van der Waals surface area contributed by atoms with Crippen molar-refractivity contribution in [1.82, 2.24) is 25.4 Å². The van der Waals surface area contributed by atoms with Crippen molar-refractivity contribution < 1.29 is 9.47 Å². The van der Waals surface area contributed by atoms with Gasteiger partial charge in [0, 0.05) is 19.5 Å². The van der Waals surface area contributed by atoms with Gasteiger partial charge in [-0.25, -0.2) is 4.99 Å². The van der Waals surface area contributed by atoms with E-state index in [4.69, 9.17) is 9.47 Å². The molecule has 1 aromatic heterocycles. The van der Waals surface area contributed by atoms with Crippen molar-refractivity contribution >= 4 is 29.9 Å². The summed E-state index contributed by atoms with van der Waals surface area (Å²) >= 11 is 0. The predicted octanol–water partition coefficient (Wildman–Crippen LogP) is 2.22. The Morgan fingerprint density at radius 3 is 2.96 bits per heavy atom. The number of hydrogen-bond donors (Lipinski definition) is 2. The summed E-state index contributed by atoms with van der Waals surface area (Å²) in [6.07, 6.45) is 3.41. The highest BCUT2D eigenvalue weighted by atomic mass is 127. The number of fused-ring (bicyclic) bond motifs is 2. The molecule has 0 atom stereocenters. The van der Waals surface area contributed by atoms with Crippen molar-refractivity contribution in [3.63, 3.8) is 0 Å². The molecule has 9 heteroatoms. The van der Waals surface area contributed by atoms with E-state index in [2.05, 4.69) is 37.3 Å². The van der Waals surface area contributed by atoms with Crippen LogP contribution in [0, 0.1) is 0 Å². The van der Waals surface area contributed by atoms with E-state index in [-0.39, 0.29) is 30.8 Å². The standard InChI is InChI=1S/C18H24N6O2.HI/c1-2-19-18(20-10-13-6-7-14-15(9-13)26-12-25-14)21-11-17-23-22-16-5-3-4-8-24(16)17;/h6-7,9H,2-5,8,10-12H2,1H3,(H2,19,20,21);1H. The zero-order valence-corrected chi connectivity index (χ0v) is 17.7. The van der Waals surface area contributed by atoms with Crippen LogP contribution in [0.4, 0.5) is 0 Å². The van der Waals surface area contributed by atoms with Crippen molar-refractivity contribution in [3.05, 3.63) is 35.4 Å². The van der Waals surface area contributed by atoms with E-state index in [1.807, 2.05) is 18.2 Å². The van der Waals surface area contributed by atoms with Crippen molar-refractivity contribution in [2.24, 2.45) is 4.99 Å². The maximum Gasteiger partial charge on any atom is 0.231 e. The van der Waals surface area contributed by atoms with Crippen LogP contribution in [0.2, 0.25) is 0 Å². The van der Waals surface area contributed by atoms with Crippen LogP contribution in [-0.4, -0.2) is 34.1 Å². The Balaban J connectivity index is 0.00000210. The Morgan fingerprint density at radius 2 is 2.07 bits per heavy atom. The molecule has 8 nitrogen and oxygen atoms in total. The number of nitrogens with zero attached hydrogens (tertiary/aromatic N) is 4. The molecular formula is C18H25IN6O2. The molecule has 0 unspecified atom stereocenters. The van der Waals surface area contributed by atoms with Crippen LogP contribution < -0.4 is 20.1 Å². The van der Waals surface area contributed by atoms with Gasteiger partial charge in [-0.05, 0) is 37.5 Å². The van der Waals surface area contributed by atoms with Gasteiger partial charge in [0.05, 0.1) is 13.1 Å². The number of aryl methyl sites for hydroxylation is 1. The lowest BCUT2D eigenvalue weighted by atomic mass is 10.2. The highest BCUT2D eigenvalue weighted by Gasteiger charge is 2.16. The summed E-state index contributed by atoms with van der Waals surface area (Å²) in [6.45, 7) is 5.31. The summed E-state index contributed by atoms with van der Waals surface area (Å²) in [5, 5.41) is 15.2. The van der Waals surface area contributed by atoms with Gasteiger partial charge in [-0.15, -0.1) is 34.2 Å². The van der Waals surface area contributed by atoms with Gasteiger partial charge in [0.2, 0.25) is 6.79 Å². The molecule has 2 aliphatic heterocycles. The minimum Gasteiger partial charge on any atom is -0.454 e. The van der Waals surface area contributed by atoms with Crippen LogP contribution in [0.5, 0.6) is 11.5 Å². The van der Waals surface area contributed by atoms with E-state index in [1.165, 1.54) is 12.8 Å². The lowest BCUT2D eigenvalue weighted by Crippen LogP contribution is -2.37. The molecule has 2 N–H and O–H groups in total. The molecule has 0 saturated heterocycles. The summed E-state index contributed by atoms with van der Waals surface area (Å²) in [4.78, 5) is 4.66. The highest BCUT2D eigenvalue weighted by molar-refractivity contribution is 14.0. The number of nitrogens with one attached hydrogen (secondary N) is 2. The normalized spacial score (nSPS) is 15.1. The molecule has 0 radical (unpaired) electrons. The molecule has 2 aliphatic rings. The number of aliphatic imine (C=N–C) groups is 1. The number of benzene rings is 1. The van der Waals surface area contributed by atoms with Crippen LogP contribution in [-0.2, 0) is 26.1 Å². The van der Waals surface area contributed by atoms with E-state index in [9.17, 15) is 0 Å². The van der Waals surface area contributed by atoms with Gasteiger partial charge in [-0.3, -0.25) is 0 Å². The van der Waals surface area contributed by atoms with Crippen molar-refractivity contribution in [2.75, 3.05) is 13.3 Å². The quantitative estimate of drug-likeness (QED) is 0.385. The predicted molar refractivity (Wildman–Crippen MR) is 113 cm³/mol. The second-order valence-electron chi connectivity index (χ2n) is 6.38. The number of ether oxygens (including phenoxy) is 2. The molecule has 0 fully saturated rings. The second kappa shape index (κ2) is 9.25. The summed E-state index contributed by atoms with van der Waals surface area (Å²) in [6, 6.07) is 5.91. The Bertz CT molecular complexity index is 807. The van der Waals surface area contributed by atoms with E-state index in [0.717, 1.165) is 54.2 Å². The average Bonchev–Trinajstić information content (AvgIpc) is 3.30. The van der Waals surface area contributed by atoms with Crippen molar-refractivity contribution in [3.8, 4) is 11.5 Å². The molecule has 2 aromatic rings. The molecule has 0 amide bonds. The Hall–Kier alpha value is -2.04. The Labute approximate surface area is 175 Å². The van der Waals surface area contributed by atoms with Crippen molar-refractivity contribution in [2.45, 2.75) is 45.8 Å². The molecule has 146 valence electrons. The lowest BCUT2D eigenvalue weighted by Gasteiger charge is -2.16. The van der Waals surface area contributed by atoms with Gasteiger partial charge in [-0.1, -0.05) is 6.07 Å². The molecule has 0 aliphatic carbocycles. The molecule has 0 spiro atoms. The molecule has 4 rings (SSSR count). The fourth-order valence-corrected chi connectivity index (χ4v) is 3.21. The van der Waals surface area contributed by atoms with Gasteiger partial charge >= 0.3 is 0 Å². The number of guanidine groups is 1. The Kier molecular flexibility index (Phi) is 6.75. The SMILES string of the molecule is CCNC(=NCc1ccc2c(c1)OCO2)NCc1nnc2n1CCCC2.I. The fraction of sp³-hybridized carbons (Fsp3) is 0.500. The second-order valence-corrected chi connectivity index (χ2v) is 6.38. The number of halogens is 1. The molecular weight excluding hydrogens is 459 g/mol. The van der Waals surface area contributed by atoms with Crippen molar-refractivity contribution in [1.29, 1.82) is 0 Å². The minimum absolute atomic E-state index is 0. The molecule has 1 aromatic carbocycles. The zero-order chi connectivity index (χ0) is 17.8. The molecule has 27 heavy (non-hydrogen) atoms. The first-order valence-corrected chi connectivity index (χ1v) is 9.15. The first kappa shape index (κ1) is 19.7. The van der Waals surface area contributed by atoms with E-state index < -0.39 is 0 Å². The molecule has 0 saturated carbocycles. The third-order valence-electron chi connectivity index (χ3n) is 4.55. The zero-order valence-electron chi connectivity index (χ0n) is 15.4. The topological polar surface area (TPSA) is 85.6 Å². The molecule has 0 bridgehead atoms. The van der Waals surface area contributed by atoms with Crippen LogP contribution in [0.25, 0.3) is 0 Å². The van der Waals surface area contributed by atoms with Gasteiger partial charge in [0.15, 0.2) is 23.3 Å². The third kappa shape index (κ3) is 4.63. The highest BCUT2D eigenvalue weighted by Crippen LogP contribution is 2.32. The van der Waals surface area contributed by atoms with Gasteiger partial charge in [0.25, 0.3) is 0 Å². The third-order valence-corrected chi connectivity index (χ3v) is 4.55. The minimum atomic E-state index is 0. The van der Waals surface area contributed by atoms with Gasteiger partial charge < -0.3 is 24.7 Å². The first-order chi connectivity index (χ1) is 12.8. The first-order valence-electron chi connectivity index (χ1n) is 9.15.